The number of hydrogen-bond acceptors (Lipinski definition) is 4. The third-order valence-corrected chi connectivity index (χ3v) is 7.58. The van der Waals surface area contributed by atoms with Gasteiger partial charge in [-0.1, -0.05) is 92.2 Å². The molecule has 0 aliphatic carbocycles. The zero-order chi connectivity index (χ0) is 28.6. The first-order chi connectivity index (χ1) is 18.5. The summed E-state index contributed by atoms with van der Waals surface area (Å²) in [6.07, 6.45) is 1.39. The molecule has 0 unspecified atom stereocenters. The van der Waals surface area contributed by atoms with E-state index >= 15 is 0 Å². The van der Waals surface area contributed by atoms with Crippen LogP contribution >= 0.6 is 0 Å². The first-order valence-corrected chi connectivity index (χ1v) is 15.0. The van der Waals surface area contributed by atoms with Crippen molar-refractivity contribution in [3.8, 4) is 0 Å². The van der Waals surface area contributed by atoms with Crippen LogP contribution in [0.3, 0.4) is 0 Å². The van der Waals surface area contributed by atoms with E-state index in [2.05, 4.69) is 5.32 Å². The van der Waals surface area contributed by atoms with E-state index in [1.807, 2.05) is 100 Å². The Labute approximate surface area is 232 Å². The maximum Gasteiger partial charge on any atom is 0.244 e. The van der Waals surface area contributed by atoms with Gasteiger partial charge in [-0.15, -0.1) is 0 Å². The highest BCUT2D eigenvalue weighted by molar-refractivity contribution is 7.92. The Kier molecular flexibility index (Phi) is 10.3. The van der Waals surface area contributed by atoms with Gasteiger partial charge >= 0.3 is 0 Å². The summed E-state index contributed by atoms with van der Waals surface area (Å²) in [5.41, 5.74) is 3.94. The van der Waals surface area contributed by atoms with Gasteiger partial charge in [-0.3, -0.25) is 13.9 Å². The molecule has 7 nitrogen and oxygen atoms in total. The van der Waals surface area contributed by atoms with Crippen molar-refractivity contribution in [2.45, 2.75) is 46.7 Å². The summed E-state index contributed by atoms with van der Waals surface area (Å²) < 4.78 is 27.0. The minimum Gasteiger partial charge on any atom is -0.354 e. The van der Waals surface area contributed by atoms with Gasteiger partial charge in [0.2, 0.25) is 21.8 Å². The molecule has 3 aromatic rings. The van der Waals surface area contributed by atoms with Gasteiger partial charge in [-0.25, -0.2) is 8.42 Å². The number of amides is 2. The van der Waals surface area contributed by atoms with Crippen molar-refractivity contribution in [2.75, 3.05) is 23.7 Å². The molecule has 8 heteroatoms. The molecular weight excluding hydrogens is 510 g/mol. The minimum atomic E-state index is -3.80. The molecular formula is C31H39N3O4S. The fourth-order valence-corrected chi connectivity index (χ4v) is 5.34. The lowest BCUT2D eigenvalue weighted by Gasteiger charge is -2.34. The van der Waals surface area contributed by atoms with Crippen LogP contribution in [0.25, 0.3) is 0 Å². The third-order valence-electron chi connectivity index (χ3n) is 6.45. The monoisotopic (exact) mass is 549 g/mol. The number of carbonyl (C=O) groups is 2. The quantitative estimate of drug-likeness (QED) is 0.361. The predicted molar refractivity (Wildman–Crippen MR) is 157 cm³/mol. The molecule has 1 atom stereocenters. The zero-order valence-electron chi connectivity index (χ0n) is 23.4. The van der Waals surface area contributed by atoms with E-state index in [4.69, 9.17) is 0 Å². The van der Waals surface area contributed by atoms with Crippen molar-refractivity contribution in [2.24, 2.45) is 5.92 Å². The first-order valence-electron chi connectivity index (χ1n) is 13.2. The van der Waals surface area contributed by atoms with Gasteiger partial charge in [0.15, 0.2) is 0 Å². The summed E-state index contributed by atoms with van der Waals surface area (Å²) in [5.74, 6) is -0.492. The van der Waals surface area contributed by atoms with Gasteiger partial charge < -0.3 is 10.2 Å². The summed E-state index contributed by atoms with van der Waals surface area (Å²) in [6.45, 7) is 7.98. The number of benzene rings is 3. The molecule has 0 radical (unpaired) electrons. The fraction of sp³-hybridized carbons (Fsp3) is 0.355. The van der Waals surface area contributed by atoms with Crippen molar-refractivity contribution < 1.29 is 18.0 Å². The van der Waals surface area contributed by atoms with E-state index in [0.717, 1.165) is 32.8 Å². The second kappa shape index (κ2) is 13.4. The van der Waals surface area contributed by atoms with Crippen LogP contribution in [0.15, 0.2) is 78.9 Å². The molecule has 3 aromatic carbocycles. The molecule has 1 N–H and O–H groups in total. The number of sulfonamides is 1. The number of hydrogen-bond donors (Lipinski definition) is 1. The van der Waals surface area contributed by atoms with Crippen LogP contribution in [-0.4, -0.2) is 50.5 Å². The molecule has 0 bridgehead atoms. The Bertz CT molecular complexity index is 1360. The summed E-state index contributed by atoms with van der Waals surface area (Å²) in [6, 6.07) is 23.6. The first kappa shape index (κ1) is 29.9. The normalized spacial score (nSPS) is 12.2. The van der Waals surface area contributed by atoms with Crippen molar-refractivity contribution >= 4 is 27.5 Å². The number of carbonyl (C=O) groups excluding carboxylic acids is 2. The highest BCUT2D eigenvalue weighted by atomic mass is 32.2. The third kappa shape index (κ3) is 8.68. The van der Waals surface area contributed by atoms with Crippen LogP contribution < -0.4 is 9.62 Å². The zero-order valence-corrected chi connectivity index (χ0v) is 24.2. The summed E-state index contributed by atoms with van der Waals surface area (Å²) >= 11 is 0. The second-order valence-corrected chi connectivity index (χ2v) is 12.3. The van der Waals surface area contributed by atoms with Crippen LogP contribution in [0.5, 0.6) is 0 Å². The SMILES string of the molecule is Cc1ccc(N(CC(=O)N(Cc2ccccc2)[C@H](Cc2ccccc2)C(=O)NCC(C)C)S(C)(=O)=O)c(C)c1. The molecule has 39 heavy (non-hydrogen) atoms. The van der Waals surface area contributed by atoms with Gasteiger partial charge in [-0.05, 0) is 42.5 Å². The van der Waals surface area contributed by atoms with Crippen LogP contribution in [0.2, 0.25) is 0 Å². The smallest absolute Gasteiger partial charge is 0.244 e. The van der Waals surface area contributed by atoms with Gasteiger partial charge in [-0.2, -0.15) is 0 Å². The molecule has 3 rings (SSSR count). The molecule has 2 amide bonds. The molecule has 0 saturated heterocycles. The van der Waals surface area contributed by atoms with Crippen LogP contribution in [-0.2, 0) is 32.6 Å². The summed E-state index contributed by atoms with van der Waals surface area (Å²) in [4.78, 5) is 29.2. The number of anilines is 1. The van der Waals surface area contributed by atoms with Gasteiger partial charge in [0.25, 0.3) is 0 Å². The van der Waals surface area contributed by atoms with E-state index in [1.54, 1.807) is 6.07 Å². The van der Waals surface area contributed by atoms with Crippen molar-refractivity contribution in [3.05, 3.63) is 101 Å². The van der Waals surface area contributed by atoms with E-state index < -0.39 is 28.5 Å². The molecule has 0 aromatic heterocycles. The number of nitrogens with zero attached hydrogens (tertiary/aromatic N) is 2. The highest BCUT2D eigenvalue weighted by Gasteiger charge is 2.33. The lowest BCUT2D eigenvalue weighted by Crippen LogP contribution is -2.53. The lowest BCUT2D eigenvalue weighted by atomic mass is 10.0. The molecule has 0 spiro atoms. The maximum atomic E-state index is 14.1. The molecule has 0 fully saturated rings. The molecule has 0 heterocycles. The lowest BCUT2D eigenvalue weighted by molar-refractivity contribution is -0.140. The standard InChI is InChI=1S/C31H39N3O4S/c1-23(2)20-32-31(36)29(19-26-12-8-6-9-13-26)33(21-27-14-10-7-11-15-27)30(35)22-34(39(5,37)38)28-17-16-24(3)18-25(28)4/h6-18,23,29H,19-22H2,1-5H3,(H,32,36)/t29-/m1/s1. The van der Waals surface area contributed by atoms with Crippen LogP contribution in [0.4, 0.5) is 5.69 Å². The topological polar surface area (TPSA) is 86.8 Å². The minimum absolute atomic E-state index is 0.163. The van der Waals surface area contributed by atoms with E-state index in [1.165, 1.54) is 4.90 Å². The van der Waals surface area contributed by atoms with Gasteiger partial charge in [0.05, 0.1) is 11.9 Å². The Hall–Kier alpha value is -3.65. The van der Waals surface area contributed by atoms with Crippen molar-refractivity contribution in [1.82, 2.24) is 10.2 Å². The Morgan fingerprint density at radius 3 is 2.00 bits per heavy atom. The molecule has 208 valence electrons. The number of rotatable bonds is 12. The van der Waals surface area contributed by atoms with Crippen LogP contribution in [0, 0.1) is 19.8 Å². The van der Waals surface area contributed by atoms with Gasteiger partial charge in [0, 0.05) is 19.5 Å². The maximum absolute atomic E-state index is 14.1. The highest BCUT2D eigenvalue weighted by Crippen LogP contribution is 2.24. The van der Waals surface area contributed by atoms with Gasteiger partial charge in [0.1, 0.15) is 12.6 Å². The van der Waals surface area contributed by atoms with E-state index in [9.17, 15) is 18.0 Å². The van der Waals surface area contributed by atoms with E-state index in [0.29, 0.717) is 18.7 Å². The van der Waals surface area contributed by atoms with E-state index in [-0.39, 0.29) is 18.4 Å². The Balaban J connectivity index is 2.04. The van der Waals surface area contributed by atoms with Crippen molar-refractivity contribution in [1.29, 1.82) is 0 Å². The average molecular weight is 550 g/mol. The predicted octanol–water partition coefficient (Wildman–Crippen LogP) is 4.48. The largest absolute Gasteiger partial charge is 0.354 e. The summed E-state index contributed by atoms with van der Waals surface area (Å²) in [7, 11) is -3.80. The molecule has 0 aliphatic heterocycles. The molecule has 0 aliphatic rings. The number of aryl methyl sites for hydroxylation is 2. The summed E-state index contributed by atoms with van der Waals surface area (Å²) in [5, 5.41) is 2.99. The van der Waals surface area contributed by atoms with Crippen LogP contribution in [0.1, 0.15) is 36.1 Å². The Morgan fingerprint density at radius 2 is 1.46 bits per heavy atom. The van der Waals surface area contributed by atoms with Crippen molar-refractivity contribution in [3.63, 3.8) is 0 Å². The fourth-order valence-electron chi connectivity index (χ4n) is 4.44. The number of nitrogens with one attached hydrogen (secondary N) is 1. The average Bonchev–Trinajstić information content (AvgIpc) is 2.88. The Morgan fingerprint density at radius 1 is 0.872 bits per heavy atom. The molecule has 0 saturated carbocycles. The second-order valence-electron chi connectivity index (χ2n) is 10.4.